The summed E-state index contributed by atoms with van der Waals surface area (Å²) in [6.45, 7) is 0.571. The van der Waals surface area contributed by atoms with Gasteiger partial charge in [0.2, 0.25) is 5.91 Å². The van der Waals surface area contributed by atoms with Crippen LogP contribution in [0.15, 0.2) is 0 Å². The summed E-state index contributed by atoms with van der Waals surface area (Å²) in [5, 5.41) is 0. The van der Waals surface area contributed by atoms with Crippen molar-refractivity contribution in [3.63, 3.8) is 0 Å². The van der Waals surface area contributed by atoms with Crippen LogP contribution in [-0.4, -0.2) is 41.5 Å². The average molecular weight is 230 g/mol. The van der Waals surface area contributed by atoms with Gasteiger partial charge in [0.05, 0.1) is 18.5 Å². The lowest BCUT2D eigenvalue weighted by Crippen LogP contribution is -2.42. The lowest BCUT2D eigenvalue weighted by Gasteiger charge is -2.22. The number of carbonyl (C=O) groups is 2. The van der Waals surface area contributed by atoms with Gasteiger partial charge in [-0.05, 0) is 12.8 Å². The van der Waals surface area contributed by atoms with Crippen LogP contribution in [0.5, 0.6) is 0 Å². The lowest BCUT2D eigenvalue weighted by atomic mass is 10.2. The van der Waals surface area contributed by atoms with Crippen molar-refractivity contribution in [1.29, 1.82) is 0 Å². The largest absolute Gasteiger partial charge is 0.467 e. The maximum absolute atomic E-state index is 11.6. The molecule has 1 aliphatic rings. The Morgan fingerprint density at radius 2 is 2.27 bits per heavy atom. The number of esters is 1. The van der Waals surface area contributed by atoms with E-state index in [1.165, 1.54) is 12.0 Å². The van der Waals surface area contributed by atoms with Gasteiger partial charge in [-0.2, -0.15) is 0 Å². The van der Waals surface area contributed by atoms with Crippen molar-refractivity contribution in [2.24, 2.45) is 5.73 Å². The molecule has 1 unspecified atom stereocenters. The van der Waals surface area contributed by atoms with Crippen LogP contribution in [0, 0.1) is 0 Å². The maximum Gasteiger partial charge on any atom is 0.328 e. The van der Waals surface area contributed by atoms with Crippen LogP contribution in [0.1, 0.15) is 19.3 Å². The van der Waals surface area contributed by atoms with Crippen molar-refractivity contribution in [1.82, 2.24) is 4.90 Å². The molecule has 5 nitrogen and oxygen atoms in total. The standard InChI is InChI=1S/C9H14N2O3S/c1-14-9(13)6-3-2-4-11(6)8(12)5-7(10)15/h6H,2-5H2,1H3,(H2,10,15). The average Bonchev–Trinajstić information content (AvgIpc) is 2.63. The molecular formula is C9H14N2O3S. The number of rotatable bonds is 3. The van der Waals surface area contributed by atoms with E-state index >= 15 is 0 Å². The number of hydrogen-bond donors (Lipinski definition) is 1. The molecule has 0 spiro atoms. The van der Waals surface area contributed by atoms with Gasteiger partial charge in [-0.3, -0.25) is 4.79 Å². The summed E-state index contributed by atoms with van der Waals surface area (Å²) in [7, 11) is 1.32. The highest BCUT2D eigenvalue weighted by atomic mass is 32.1. The Morgan fingerprint density at radius 3 is 2.80 bits per heavy atom. The van der Waals surface area contributed by atoms with E-state index in [2.05, 4.69) is 17.0 Å². The van der Waals surface area contributed by atoms with E-state index in [1.54, 1.807) is 0 Å². The van der Waals surface area contributed by atoms with Gasteiger partial charge in [-0.15, -0.1) is 0 Å². The Labute approximate surface area is 93.5 Å². The molecule has 0 saturated carbocycles. The van der Waals surface area contributed by atoms with Crippen LogP contribution >= 0.6 is 12.2 Å². The molecule has 2 N–H and O–H groups in total. The number of methoxy groups -OCH3 is 1. The predicted molar refractivity (Wildman–Crippen MR) is 58.2 cm³/mol. The minimum Gasteiger partial charge on any atom is -0.467 e. The van der Waals surface area contributed by atoms with E-state index in [1.807, 2.05) is 0 Å². The van der Waals surface area contributed by atoms with Crippen LogP contribution in [0.3, 0.4) is 0 Å². The first-order valence-electron chi connectivity index (χ1n) is 4.72. The number of nitrogens with two attached hydrogens (primary N) is 1. The minimum absolute atomic E-state index is 0.0167. The first-order valence-corrected chi connectivity index (χ1v) is 5.12. The van der Waals surface area contributed by atoms with Gasteiger partial charge in [-0.1, -0.05) is 12.2 Å². The highest BCUT2D eigenvalue weighted by Crippen LogP contribution is 2.19. The van der Waals surface area contributed by atoms with Gasteiger partial charge in [-0.25, -0.2) is 4.79 Å². The van der Waals surface area contributed by atoms with Crippen molar-refractivity contribution in [3.8, 4) is 0 Å². The molecule has 1 amide bonds. The Bertz CT molecular complexity index is 293. The van der Waals surface area contributed by atoms with Gasteiger partial charge >= 0.3 is 5.97 Å². The second-order valence-electron chi connectivity index (χ2n) is 3.41. The topological polar surface area (TPSA) is 72.6 Å². The number of carbonyl (C=O) groups excluding carboxylic acids is 2. The maximum atomic E-state index is 11.6. The monoisotopic (exact) mass is 230 g/mol. The van der Waals surface area contributed by atoms with Gasteiger partial charge in [0.1, 0.15) is 6.04 Å². The van der Waals surface area contributed by atoms with Crippen LogP contribution in [0.4, 0.5) is 0 Å². The SMILES string of the molecule is COC(=O)C1CCCN1C(=O)CC(N)=S. The van der Waals surface area contributed by atoms with Crippen molar-refractivity contribution in [2.75, 3.05) is 13.7 Å². The number of likely N-dealkylation sites (tertiary alicyclic amines) is 1. The summed E-state index contributed by atoms with van der Waals surface area (Å²) in [6.07, 6.45) is 1.47. The van der Waals surface area contributed by atoms with E-state index in [0.29, 0.717) is 13.0 Å². The van der Waals surface area contributed by atoms with Crippen molar-refractivity contribution < 1.29 is 14.3 Å². The Balaban J connectivity index is 2.63. The molecule has 0 aromatic carbocycles. The van der Waals surface area contributed by atoms with E-state index in [4.69, 9.17) is 5.73 Å². The van der Waals surface area contributed by atoms with Crippen molar-refractivity contribution >= 4 is 29.1 Å². The zero-order valence-corrected chi connectivity index (χ0v) is 9.38. The number of ether oxygens (including phenoxy) is 1. The summed E-state index contributed by atoms with van der Waals surface area (Å²) in [5.41, 5.74) is 5.28. The summed E-state index contributed by atoms with van der Waals surface area (Å²) in [4.78, 5) is 24.6. The summed E-state index contributed by atoms with van der Waals surface area (Å²) >= 11 is 4.65. The summed E-state index contributed by atoms with van der Waals surface area (Å²) in [6, 6.07) is -0.461. The molecule has 15 heavy (non-hydrogen) atoms. The first-order chi connectivity index (χ1) is 7.06. The molecular weight excluding hydrogens is 216 g/mol. The summed E-state index contributed by atoms with van der Waals surface area (Å²) in [5.74, 6) is -0.570. The quantitative estimate of drug-likeness (QED) is 0.538. The van der Waals surface area contributed by atoms with Crippen molar-refractivity contribution in [2.45, 2.75) is 25.3 Å². The number of hydrogen-bond acceptors (Lipinski definition) is 4. The van der Waals surface area contributed by atoms with Gasteiger partial charge in [0, 0.05) is 6.54 Å². The fraction of sp³-hybridized carbons (Fsp3) is 0.667. The van der Waals surface area contributed by atoms with Crippen LogP contribution in [0.25, 0.3) is 0 Å². The third kappa shape index (κ3) is 2.89. The summed E-state index contributed by atoms with van der Waals surface area (Å²) < 4.78 is 4.62. The minimum atomic E-state index is -0.461. The molecule has 1 saturated heterocycles. The van der Waals surface area contributed by atoms with Crippen LogP contribution in [-0.2, 0) is 14.3 Å². The molecule has 1 fully saturated rings. The van der Waals surface area contributed by atoms with Crippen LogP contribution < -0.4 is 5.73 Å². The Kier molecular flexibility index (Phi) is 4.02. The molecule has 0 aromatic heterocycles. The van der Waals surface area contributed by atoms with Gasteiger partial charge in [0.25, 0.3) is 0 Å². The molecule has 1 rings (SSSR count). The van der Waals surface area contributed by atoms with E-state index in [-0.39, 0.29) is 23.3 Å². The van der Waals surface area contributed by atoms with Crippen LogP contribution in [0.2, 0.25) is 0 Å². The second kappa shape index (κ2) is 5.06. The smallest absolute Gasteiger partial charge is 0.328 e. The molecule has 1 heterocycles. The number of thiocarbonyl (C=S) groups is 1. The predicted octanol–water partition coefficient (Wildman–Crippen LogP) is -0.173. The highest BCUT2D eigenvalue weighted by Gasteiger charge is 2.34. The molecule has 6 heteroatoms. The highest BCUT2D eigenvalue weighted by molar-refractivity contribution is 7.80. The van der Waals surface area contributed by atoms with E-state index in [9.17, 15) is 9.59 Å². The number of nitrogens with zero attached hydrogens (tertiary/aromatic N) is 1. The molecule has 1 atom stereocenters. The zero-order chi connectivity index (χ0) is 11.4. The molecule has 84 valence electrons. The molecule has 0 bridgehead atoms. The van der Waals surface area contributed by atoms with Crippen molar-refractivity contribution in [3.05, 3.63) is 0 Å². The second-order valence-corrected chi connectivity index (χ2v) is 3.94. The van der Waals surface area contributed by atoms with E-state index in [0.717, 1.165) is 6.42 Å². The lowest BCUT2D eigenvalue weighted by molar-refractivity contribution is -0.150. The third-order valence-corrected chi connectivity index (χ3v) is 2.52. The molecule has 1 aliphatic heterocycles. The fourth-order valence-electron chi connectivity index (χ4n) is 1.70. The molecule has 0 radical (unpaired) electrons. The third-order valence-electron chi connectivity index (χ3n) is 2.37. The first kappa shape index (κ1) is 11.9. The fourth-order valence-corrected chi connectivity index (χ4v) is 1.82. The Hall–Kier alpha value is -1.17. The van der Waals surface area contributed by atoms with E-state index < -0.39 is 6.04 Å². The van der Waals surface area contributed by atoms with Gasteiger partial charge in [0.15, 0.2) is 0 Å². The Morgan fingerprint density at radius 1 is 1.60 bits per heavy atom. The zero-order valence-electron chi connectivity index (χ0n) is 8.56. The molecule has 0 aliphatic carbocycles. The molecule has 0 aromatic rings. The van der Waals surface area contributed by atoms with Gasteiger partial charge < -0.3 is 15.4 Å². The normalized spacial score (nSPS) is 20.1. The number of amides is 1.